The molecule has 0 spiro atoms. The van der Waals surface area contributed by atoms with Gasteiger partial charge < -0.3 is 15.4 Å². The maximum atomic E-state index is 12.2. The van der Waals surface area contributed by atoms with Gasteiger partial charge in [-0.25, -0.2) is 0 Å². The molecule has 1 amide bonds. The zero-order valence-corrected chi connectivity index (χ0v) is 15.0. The zero-order chi connectivity index (χ0) is 18.4. The molecule has 0 aliphatic rings. The molecule has 0 aromatic heterocycles. The van der Waals surface area contributed by atoms with Gasteiger partial charge in [0.15, 0.2) is 0 Å². The second kappa shape index (κ2) is 8.21. The molecule has 3 rings (SSSR count). The number of amides is 1. The molecule has 3 aromatic carbocycles. The molecule has 0 heterocycles. The second-order valence-corrected chi connectivity index (χ2v) is 6.14. The molecule has 0 aliphatic carbocycles. The number of anilines is 3. The number of hydrogen-bond donors (Lipinski definition) is 2. The predicted molar refractivity (Wildman–Crippen MR) is 106 cm³/mol. The third-order valence-corrected chi connectivity index (χ3v) is 4.03. The lowest BCUT2D eigenvalue weighted by atomic mass is 10.1. The minimum atomic E-state index is -0.0234. The average Bonchev–Trinajstić information content (AvgIpc) is 2.66. The van der Waals surface area contributed by atoms with Crippen molar-refractivity contribution in [3.8, 4) is 5.75 Å². The van der Waals surface area contributed by atoms with Gasteiger partial charge in [0, 0.05) is 17.1 Å². The average molecular weight is 346 g/mol. The van der Waals surface area contributed by atoms with E-state index < -0.39 is 0 Å². The zero-order valence-electron chi connectivity index (χ0n) is 15.0. The van der Waals surface area contributed by atoms with Crippen molar-refractivity contribution >= 4 is 23.0 Å². The van der Waals surface area contributed by atoms with Gasteiger partial charge >= 0.3 is 0 Å². The van der Waals surface area contributed by atoms with Gasteiger partial charge in [-0.15, -0.1) is 0 Å². The van der Waals surface area contributed by atoms with Crippen molar-refractivity contribution in [2.24, 2.45) is 0 Å². The number of hydrogen-bond acceptors (Lipinski definition) is 3. The van der Waals surface area contributed by atoms with E-state index in [4.69, 9.17) is 4.74 Å². The molecule has 0 saturated carbocycles. The van der Waals surface area contributed by atoms with Crippen LogP contribution in [0.25, 0.3) is 0 Å². The molecule has 2 N–H and O–H groups in total. The summed E-state index contributed by atoms with van der Waals surface area (Å²) < 4.78 is 5.15. The summed E-state index contributed by atoms with van der Waals surface area (Å²) in [5.74, 6) is 0.798. The van der Waals surface area contributed by atoms with E-state index in [1.807, 2.05) is 79.7 Å². The van der Waals surface area contributed by atoms with Gasteiger partial charge in [0.2, 0.25) is 5.91 Å². The number of benzene rings is 3. The Morgan fingerprint density at radius 2 is 1.35 bits per heavy atom. The van der Waals surface area contributed by atoms with Crippen LogP contribution >= 0.6 is 0 Å². The van der Waals surface area contributed by atoms with Crippen molar-refractivity contribution in [3.63, 3.8) is 0 Å². The summed E-state index contributed by atoms with van der Waals surface area (Å²) in [6.07, 6.45) is 0.367. The summed E-state index contributed by atoms with van der Waals surface area (Å²) >= 11 is 0. The van der Waals surface area contributed by atoms with Crippen molar-refractivity contribution in [3.05, 3.63) is 83.9 Å². The molecule has 4 nitrogen and oxygen atoms in total. The summed E-state index contributed by atoms with van der Waals surface area (Å²) in [6, 6.07) is 23.4. The van der Waals surface area contributed by atoms with Gasteiger partial charge in [-0.3, -0.25) is 4.79 Å². The van der Waals surface area contributed by atoms with E-state index in [2.05, 4.69) is 10.6 Å². The molecule has 0 saturated heterocycles. The lowest BCUT2D eigenvalue weighted by Crippen LogP contribution is -2.14. The Morgan fingerprint density at radius 1 is 0.808 bits per heavy atom. The largest absolute Gasteiger partial charge is 0.497 e. The fraction of sp³-hybridized carbons (Fsp3) is 0.136. The van der Waals surface area contributed by atoms with Crippen LogP contribution in [0, 0.1) is 6.92 Å². The highest BCUT2D eigenvalue weighted by Crippen LogP contribution is 2.21. The Labute approximate surface area is 153 Å². The Morgan fingerprint density at radius 3 is 1.92 bits per heavy atom. The number of carbonyl (C=O) groups is 1. The predicted octanol–water partition coefficient (Wildman–Crippen LogP) is 4.93. The van der Waals surface area contributed by atoms with E-state index in [0.29, 0.717) is 6.42 Å². The minimum absolute atomic E-state index is 0.0234. The summed E-state index contributed by atoms with van der Waals surface area (Å²) in [7, 11) is 1.65. The normalized spacial score (nSPS) is 10.2. The van der Waals surface area contributed by atoms with Crippen molar-refractivity contribution in [2.75, 3.05) is 17.7 Å². The molecule has 26 heavy (non-hydrogen) atoms. The number of aryl methyl sites for hydroxylation is 1. The van der Waals surface area contributed by atoms with Crippen LogP contribution in [0.3, 0.4) is 0 Å². The first-order chi connectivity index (χ1) is 12.6. The van der Waals surface area contributed by atoms with Crippen LogP contribution in [0.15, 0.2) is 72.8 Å². The lowest BCUT2D eigenvalue weighted by molar-refractivity contribution is -0.115. The third kappa shape index (κ3) is 4.86. The molecule has 3 aromatic rings. The van der Waals surface area contributed by atoms with Gasteiger partial charge in [-0.1, -0.05) is 29.8 Å². The van der Waals surface area contributed by atoms with Gasteiger partial charge in [-0.2, -0.15) is 0 Å². The van der Waals surface area contributed by atoms with E-state index >= 15 is 0 Å². The van der Waals surface area contributed by atoms with Crippen LogP contribution in [-0.2, 0) is 11.2 Å². The van der Waals surface area contributed by atoms with Crippen LogP contribution in [-0.4, -0.2) is 13.0 Å². The number of carbonyl (C=O) groups excluding carboxylic acids is 1. The summed E-state index contributed by atoms with van der Waals surface area (Å²) in [5.41, 5.74) is 4.90. The van der Waals surface area contributed by atoms with Gasteiger partial charge in [0.1, 0.15) is 5.75 Å². The molecule has 0 fully saturated rings. The SMILES string of the molecule is COc1ccc(Nc2ccc(NC(=O)Cc3ccc(C)cc3)cc2)cc1. The van der Waals surface area contributed by atoms with Gasteiger partial charge in [-0.05, 0) is 61.0 Å². The molecule has 4 heteroatoms. The Kier molecular flexibility index (Phi) is 5.54. The number of rotatable bonds is 6. The molecular formula is C22H22N2O2. The molecule has 0 unspecified atom stereocenters. The fourth-order valence-corrected chi connectivity index (χ4v) is 2.57. The van der Waals surface area contributed by atoms with Crippen LogP contribution in [0.5, 0.6) is 5.75 Å². The van der Waals surface area contributed by atoms with Crippen LogP contribution < -0.4 is 15.4 Å². The Balaban J connectivity index is 1.56. The maximum Gasteiger partial charge on any atom is 0.228 e. The van der Waals surface area contributed by atoms with E-state index in [-0.39, 0.29) is 5.91 Å². The van der Waals surface area contributed by atoms with Crippen molar-refractivity contribution in [2.45, 2.75) is 13.3 Å². The van der Waals surface area contributed by atoms with Gasteiger partial charge in [0.25, 0.3) is 0 Å². The van der Waals surface area contributed by atoms with Crippen molar-refractivity contribution in [1.29, 1.82) is 0 Å². The second-order valence-electron chi connectivity index (χ2n) is 6.14. The summed E-state index contributed by atoms with van der Waals surface area (Å²) in [5, 5.41) is 6.24. The Hall–Kier alpha value is -3.27. The topological polar surface area (TPSA) is 50.4 Å². The first-order valence-corrected chi connectivity index (χ1v) is 8.49. The van der Waals surface area contributed by atoms with Gasteiger partial charge in [0.05, 0.1) is 13.5 Å². The number of methoxy groups -OCH3 is 1. The molecular weight excluding hydrogens is 324 g/mol. The van der Waals surface area contributed by atoms with Crippen molar-refractivity contribution < 1.29 is 9.53 Å². The molecule has 0 atom stereocenters. The van der Waals surface area contributed by atoms with E-state index in [0.717, 1.165) is 28.4 Å². The highest BCUT2D eigenvalue weighted by atomic mass is 16.5. The minimum Gasteiger partial charge on any atom is -0.497 e. The fourth-order valence-electron chi connectivity index (χ4n) is 2.57. The highest BCUT2D eigenvalue weighted by Gasteiger charge is 2.04. The van der Waals surface area contributed by atoms with E-state index in [1.165, 1.54) is 5.56 Å². The third-order valence-electron chi connectivity index (χ3n) is 4.03. The lowest BCUT2D eigenvalue weighted by Gasteiger charge is -2.09. The monoisotopic (exact) mass is 346 g/mol. The first kappa shape index (κ1) is 17.5. The highest BCUT2D eigenvalue weighted by molar-refractivity contribution is 5.92. The summed E-state index contributed by atoms with van der Waals surface area (Å²) in [4.78, 5) is 12.2. The first-order valence-electron chi connectivity index (χ1n) is 8.49. The standard InChI is InChI=1S/C22H22N2O2/c1-16-3-5-17(6-4-16)15-22(25)24-20-9-7-18(8-10-20)23-19-11-13-21(26-2)14-12-19/h3-14,23H,15H2,1-2H3,(H,24,25). The summed E-state index contributed by atoms with van der Waals surface area (Å²) in [6.45, 7) is 2.03. The Bertz CT molecular complexity index is 854. The van der Waals surface area contributed by atoms with Crippen LogP contribution in [0.2, 0.25) is 0 Å². The molecule has 0 bridgehead atoms. The van der Waals surface area contributed by atoms with Crippen LogP contribution in [0.1, 0.15) is 11.1 Å². The van der Waals surface area contributed by atoms with E-state index in [9.17, 15) is 4.79 Å². The number of nitrogens with one attached hydrogen (secondary N) is 2. The maximum absolute atomic E-state index is 12.2. The number of ether oxygens (including phenoxy) is 1. The molecule has 0 radical (unpaired) electrons. The van der Waals surface area contributed by atoms with Crippen molar-refractivity contribution in [1.82, 2.24) is 0 Å². The smallest absolute Gasteiger partial charge is 0.228 e. The van der Waals surface area contributed by atoms with E-state index in [1.54, 1.807) is 7.11 Å². The molecule has 0 aliphatic heterocycles. The quantitative estimate of drug-likeness (QED) is 0.665. The molecule has 132 valence electrons. The van der Waals surface area contributed by atoms with Crippen LogP contribution in [0.4, 0.5) is 17.1 Å².